The van der Waals surface area contributed by atoms with Crippen LogP contribution in [0.25, 0.3) is 0 Å². The van der Waals surface area contributed by atoms with Gasteiger partial charge in [-0.1, -0.05) is 6.42 Å². The highest BCUT2D eigenvalue weighted by Crippen LogP contribution is 2.04. The molecule has 0 bridgehead atoms. The lowest BCUT2D eigenvalue weighted by atomic mass is 10.0. The van der Waals surface area contributed by atoms with Gasteiger partial charge in [-0.25, -0.2) is 0 Å². The number of unbranched alkanes of at least 4 members (excludes halogenated alkanes) is 3. The summed E-state index contributed by atoms with van der Waals surface area (Å²) in [6, 6.07) is -1.21. The zero-order chi connectivity index (χ0) is 20.5. The lowest BCUT2D eigenvalue weighted by Crippen LogP contribution is -2.50. The van der Waals surface area contributed by atoms with Crippen LogP contribution in [0, 0.1) is 5.41 Å². The fourth-order valence-corrected chi connectivity index (χ4v) is 2.37. The first-order valence-electron chi connectivity index (χ1n) is 9.63. The van der Waals surface area contributed by atoms with Gasteiger partial charge in [-0.3, -0.25) is 15.0 Å². The van der Waals surface area contributed by atoms with Gasteiger partial charge in [0.15, 0.2) is 17.8 Å². The maximum Gasteiger partial charge on any atom is 0.250 e. The average molecular weight is 497 g/mol. The van der Waals surface area contributed by atoms with Crippen LogP contribution in [0.2, 0.25) is 0 Å². The molecule has 0 rings (SSSR count). The van der Waals surface area contributed by atoms with Crippen LogP contribution in [0.5, 0.6) is 0 Å². The number of halogens is 3. The maximum absolute atomic E-state index is 12.0. The fraction of sp³-hybridized carbons (Fsp3) is 0.824. The molecule has 0 fully saturated rings. The van der Waals surface area contributed by atoms with E-state index in [1.807, 2.05) is 0 Å². The highest BCUT2D eigenvalue weighted by Gasteiger charge is 2.27. The van der Waals surface area contributed by atoms with E-state index in [2.05, 4.69) is 16.0 Å². The molecule has 10 nitrogen and oxygen atoms in total. The number of rotatable bonds is 17. The number of nitrogens with one attached hydrogen (secondary N) is 4. The Morgan fingerprint density at radius 2 is 1.40 bits per heavy atom. The van der Waals surface area contributed by atoms with Gasteiger partial charge < -0.3 is 38.3 Å². The van der Waals surface area contributed by atoms with Gasteiger partial charge in [-0.2, -0.15) is 0 Å². The van der Waals surface area contributed by atoms with Gasteiger partial charge in [-0.05, 0) is 51.7 Å². The second-order valence-corrected chi connectivity index (χ2v) is 6.48. The van der Waals surface area contributed by atoms with E-state index in [-0.39, 0.29) is 55.4 Å². The van der Waals surface area contributed by atoms with Gasteiger partial charge in [0.25, 0.3) is 5.91 Å². The number of carbonyl (C=O) groups excluding carboxylic acids is 2. The summed E-state index contributed by atoms with van der Waals surface area (Å²) in [5.41, 5.74) is 16.3. The third-order valence-corrected chi connectivity index (χ3v) is 4.03. The predicted octanol–water partition coefficient (Wildman–Crippen LogP) is -0.613. The van der Waals surface area contributed by atoms with Crippen molar-refractivity contribution >= 4 is 54.9 Å². The zero-order valence-corrected chi connectivity index (χ0v) is 19.8. The molecule has 0 aromatic heterocycles. The molecule has 0 aromatic carbocycles. The van der Waals surface area contributed by atoms with Crippen molar-refractivity contribution in [3.63, 3.8) is 0 Å². The third-order valence-electron chi connectivity index (χ3n) is 4.03. The van der Waals surface area contributed by atoms with Crippen LogP contribution in [-0.4, -0.2) is 67.6 Å². The number of hydrogen-bond acceptors (Lipinski definition) is 7. The summed E-state index contributed by atoms with van der Waals surface area (Å²) in [6.07, 6.45) is 3.42. The Labute approximate surface area is 198 Å². The number of amides is 1. The molecule has 0 heterocycles. The molecule has 1 amide bonds. The van der Waals surface area contributed by atoms with Crippen LogP contribution in [-0.2, 0) is 9.59 Å². The lowest BCUT2D eigenvalue weighted by molar-refractivity contribution is -0.135. The minimum Gasteiger partial charge on any atom is -0.381 e. The molecule has 0 radical (unpaired) electrons. The second kappa shape index (κ2) is 24.4. The zero-order valence-electron chi connectivity index (χ0n) is 17.4. The standard InChI is InChI=1S/C17H37N7O3.3ClH/c18-8-6-10-22-9-4-5-11-23-16(27)15(26)14(19)13(25)7-2-1-3-12-24-17(20)21;;;/h14-15,22,26H,1-12,18-19H2,(H,23,27)(H4,20,21,24);3*1H. The molecule has 0 saturated heterocycles. The third kappa shape index (κ3) is 20.4. The van der Waals surface area contributed by atoms with Crippen molar-refractivity contribution in [2.24, 2.45) is 17.2 Å². The number of nitrogens with two attached hydrogens (primary N) is 3. The van der Waals surface area contributed by atoms with E-state index >= 15 is 0 Å². The molecule has 0 aromatic rings. The van der Waals surface area contributed by atoms with E-state index in [0.29, 0.717) is 26.1 Å². The van der Waals surface area contributed by atoms with Crippen molar-refractivity contribution in [2.45, 2.75) is 57.1 Å². The van der Waals surface area contributed by atoms with Crippen LogP contribution in [0.4, 0.5) is 0 Å². The van der Waals surface area contributed by atoms with Gasteiger partial charge in [0.05, 0.1) is 6.04 Å². The van der Waals surface area contributed by atoms with Crippen molar-refractivity contribution in [1.29, 1.82) is 5.41 Å². The van der Waals surface area contributed by atoms with Gasteiger partial charge >= 0.3 is 0 Å². The summed E-state index contributed by atoms with van der Waals surface area (Å²) in [5, 5.41) is 25.5. The number of guanidine groups is 1. The summed E-state index contributed by atoms with van der Waals surface area (Å²) < 4.78 is 0. The highest BCUT2D eigenvalue weighted by atomic mass is 35.5. The van der Waals surface area contributed by atoms with Crippen molar-refractivity contribution in [3.8, 4) is 0 Å². The van der Waals surface area contributed by atoms with E-state index in [9.17, 15) is 14.7 Å². The minimum atomic E-state index is -1.53. The molecule has 30 heavy (non-hydrogen) atoms. The van der Waals surface area contributed by atoms with E-state index in [4.69, 9.17) is 22.6 Å². The predicted molar refractivity (Wildman–Crippen MR) is 128 cm³/mol. The van der Waals surface area contributed by atoms with Gasteiger partial charge in [0, 0.05) is 19.5 Å². The number of aliphatic hydroxyl groups excluding tert-OH is 1. The van der Waals surface area contributed by atoms with Crippen molar-refractivity contribution in [2.75, 3.05) is 32.7 Å². The quantitative estimate of drug-likeness (QED) is 0.0741. The van der Waals surface area contributed by atoms with E-state index < -0.39 is 18.1 Å². The maximum atomic E-state index is 12.0. The first-order valence-corrected chi connectivity index (χ1v) is 9.63. The Bertz CT molecular complexity index is 449. The summed E-state index contributed by atoms with van der Waals surface area (Å²) in [6.45, 7) is 3.39. The molecular formula is C17H40Cl3N7O3. The smallest absolute Gasteiger partial charge is 0.250 e. The largest absolute Gasteiger partial charge is 0.381 e. The first kappa shape index (κ1) is 36.5. The van der Waals surface area contributed by atoms with Crippen LogP contribution in [0.3, 0.4) is 0 Å². The monoisotopic (exact) mass is 495 g/mol. The summed E-state index contributed by atoms with van der Waals surface area (Å²) in [5.74, 6) is -1.02. The molecule has 2 unspecified atom stereocenters. The number of hydrogen-bond donors (Lipinski definition) is 8. The van der Waals surface area contributed by atoms with Crippen molar-refractivity contribution < 1.29 is 14.7 Å². The molecule has 2 atom stereocenters. The Kier molecular flexibility index (Phi) is 29.7. The molecule has 0 spiro atoms. The normalized spacial score (nSPS) is 11.7. The Hall–Kier alpha value is -0.880. The highest BCUT2D eigenvalue weighted by molar-refractivity contribution is 5.92. The fourth-order valence-electron chi connectivity index (χ4n) is 2.37. The molecular weight excluding hydrogens is 457 g/mol. The molecule has 0 saturated carbocycles. The minimum absolute atomic E-state index is 0. The molecule has 0 aliphatic heterocycles. The Balaban J connectivity index is -0.00000113. The van der Waals surface area contributed by atoms with Gasteiger partial charge in [-0.15, -0.1) is 37.2 Å². The lowest BCUT2D eigenvalue weighted by Gasteiger charge is -2.17. The Morgan fingerprint density at radius 1 is 0.867 bits per heavy atom. The molecule has 182 valence electrons. The van der Waals surface area contributed by atoms with Crippen molar-refractivity contribution in [1.82, 2.24) is 16.0 Å². The number of Topliss-reactive ketones (excluding diaryl/α,β-unsaturated/α-hetero) is 1. The molecule has 0 aliphatic rings. The topological polar surface area (TPSA) is 192 Å². The van der Waals surface area contributed by atoms with Crippen LogP contribution in [0.1, 0.15) is 44.9 Å². The molecule has 0 aliphatic carbocycles. The van der Waals surface area contributed by atoms with Gasteiger partial charge in [0.2, 0.25) is 0 Å². The van der Waals surface area contributed by atoms with Crippen LogP contribution in [0.15, 0.2) is 0 Å². The number of ketones is 1. The van der Waals surface area contributed by atoms with Gasteiger partial charge in [0.1, 0.15) is 0 Å². The SMILES string of the molecule is Cl.Cl.Cl.N=C(N)NCCCCCC(=O)C(N)C(O)C(=O)NCCCCNCCCN. The number of carbonyl (C=O) groups is 2. The molecule has 13 heteroatoms. The van der Waals surface area contributed by atoms with E-state index in [0.717, 1.165) is 45.2 Å². The average Bonchev–Trinajstić information content (AvgIpc) is 2.64. The second-order valence-electron chi connectivity index (χ2n) is 6.48. The van der Waals surface area contributed by atoms with Crippen LogP contribution < -0.4 is 33.2 Å². The van der Waals surface area contributed by atoms with E-state index in [1.165, 1.54) is 0 Å². The summed E-state index contributed by atoms with van der Waals surface area (Å²) in [7, 11) is 0. The molecule has 11 N–H and O–H groups in total. The summed E-state index contributed by atoms with van der Waals surface area (Å²) in [4.78, 5) is 23.9. The Morgan fingerprint density at radius 3 is 2.00 bits per heavy atom. The first-order chi connectivity index (χ1) is 12.9. The summed E-state index contributed by atoms with van der Waals surface area (Å²) >= 11 is 0. The van der Waals surface area contributed by atoms with Crippen LogP contribution >= 0.6 is 37.2 Å². The van der Waals surface area contributed by atoms with E-state index in [1.54, 1.807) is 0 Å². The van der Waals surface area contributed by atoms with Crippen molar-refractivity contribution in [3.05, 3.63) is 0 Å². The number of aliphatic hydroxyl groups is 1.